The van der Waals surface area contributed by atoms with Crippen LogP contribution in [0.1, 0.15) is 63.5 Å². The van der Waals surface area contributed by atoms with E-state index in [1.165, 1.54) is 11.8 Å². The van der Waals surface area contributed by atoms with Gasteiger partial charge in [-0.1, -0.05) is 56.0 Å². The third kappa shape index (κ3) is 9.04. The van der Waals surface area contributed by atoms with E-state index in [0.717, 1.165) is 52.4 Å². The Morgan fingerprint density at radius 1 is 0.978 bits per heavy atom. The molecule has 0 aromatic heterocycles. The van der Waals surface area contributed by atoms with Crippen LogP contribution < -0.4 is 14.4 Å². The number of amides is 2. The van der Waals surface area contributed by atoms with Crippen molar-refractivity contribution in [2.24, 2.45) is 0 Å². The van der Waals surface area contributed by atoms with Gasteiger partial charge >= 0.3 is 0 Å². The minimum atomic E-state index is -4.15. The first kappa shape index (κ1) is 34.4. The molecule has 0 unspecified atom stereocenters. The van der Waals surface area contributed by atoms with E-state index in [-0.39, 0.29) is 23.4 Å². The quantitative estimate of drug-likeness (QED) is 0.198. The second kappa shape index (κ2) is 16.2. The Bertz CT molecular complexity index is 1520. The summed E-state index contributed by atoms with van der Waals surface area (Å²) in [5, 5.41) is 3.19. The molecule has 0 heterocycles. The summed E-state index contributed by atoms with van der Waals surface area (Å²) in [6.45, 7) is 5.91. The summed E-state index contributed by atoms with van der Waals surface area (Å²) >= 11 is 1.52. The number of anilines is 1. The second-order valence-corrected chi connectivity index (χ2v) is 14.1. The largest absolute Gasteiger partial charge is 0.494 e. The van der Waals surface area contributed by atoms with Gasteiger partial charge in [0.1, 0.15) is 18.3 Å². The number of ether oxygens (including phenoxy) is 1. The van der Waals surface area contributed by atoms with Crippen molar-refractivity contribution in [2.45, 2.75) is 87.7 Å². The lowest BCUT2D eigenvalue weighted by molar-refractivity contribution is -0.140. The van der Waals surface area contributed by atoms with Crippen LogP contribution in [-0.2, 0) is 26.2 Å². The predicted molar refractivity (Wildman–Crippen MR) is 181 cm³/mol. The maximum Gasteiger partial charge on any atom is 0.264 e. The van der Waals surface area contributed by atoms with Crippen LogP contribution in [0.4, 0.5) is 5.69 Å². The molecular weight excluding hydrogens is 607 g/mol. The first-order valence-corrected chi connectivity index (χ1v) is 18.4. The number of thioether (sulfide) groups is 1. The van der Waals surface area contributed by atoms with Gasteiger partial charge in [0.2, 0.25) is 11.8 Å². The minimum Gasteiger partial charge on any atom is -0.494 e. The van der Waals surface area contributed by atoms with Gasteiger partial charge in [0.25, 0.3) is 10.0 Å². The van der Waals surface area contributed by atoms with Crippen LogP contribution in [-0.4, -0.2) is 56.6 Å². The van der Waals surface area contributed by atoms with Crippen LogP contribution in [0.5, 0.6) is 5.75 Å². The van der Waals surface area contributed by atoms with Gasteiger partial charge in [-0.2, -0.15) is 0 Å². The van der Waals surface area contributed by atoms with Crippen molar-refractivity contribution in [2.75, 3.05) is 23.7 Å². The molecule has 45 heavy (non-hydrogen) atoms. The first-order valence-electron chi connectivity index (χ1n) is 15.7. The van der Waals surface area contributed by atoms with Crippen molar-refractivity contribution in [1.29, 1.82) is 0 Å². The molecule has 1 aliphatic rings. The number of sulfonamides is 1. The average Bonchev–Trinajstić information content (AvgIpc) is 3.04. The van der Waals surface area contributed by atoms with E-state index in [0.29, 0.717) is 24.5 Å². The van der Waals surface area contributed by atoms with Gasteiger partial charge < -0.3 is 15.0 Å². The molecule has 1 aliphatic carbocycles. The van der Waals surface area contributed by atoms with Crippen LogP contribution in [0.3, 0.4) is 0 Å². The summed E-state index contributed by atoms with van der Waals surface area (Å²) in [4.78, 5) is 30.6. The Labute approximate surface area is 272 Å². The number of benzene rings is 3. The van der Waals surface area contributed by atoms with Crippen LogP contribution in [0.15, 0.2) is 82.6 Å². The maximum atomic E-state index is 14.4. The molecule has 0 saturated heterocycles. The zero-order valence-corrected chi connectivity index (χ0v) is 28.3. The van der Waals surface area contributed by atoms with Crippen molar-refractivity contribution < 1.29 is 22.7 Å². The van der Waals surface area contributed by atoms with Crippen molar-refractivity contribution in [3.63, 3.8) is 0 Å². The molecule has 0 aliphatic heterocycles. The molecule has 1 N–H and O–H groups in total. The average molecular weight is 652 g/mol. The summed E-state index contributed by atoms with van der Waals surface area (Å²) in [7, 11) is -4.15. The molecule has 4 rings (SSSR count). The van der Waals surface area contributed by atoms with E-state index in [1.807, 2.05) is 51.3 Å². The SMILES string of the molecule is CCOc1ccc(N(CC(=O)N(Cc2cccc(C)c2)[C@H](CC)C(=O)NC2CCCCC2)S(=O)(=O)c2ccc(SC)cc2)cc1. The standard InChI is InChI=1S/C35H45N3O5S2/c1-5-33(35(40)36-28-13-8-7-9-14-28)37(24-27-12-10-11-26(3)23-27)34(39)25-38(29-15-17-30(18-16-29)43-6-2)45(41,42)32-21-19-31(44-4)20-22-32/h10-12,15-23,28,33H,5-9,13-14,24-25H2,1-4H3,(H,36,40)/t33-/m1/s1. The van der Waals surface area contributed by atoms with Crippen LogP contribution in [0, 0.1) is 6.92 Å². The molecule has 3 aromatic rings. The second-order valence-electron chi connectivity index (χ2n) is 11.4. The van der Waals surface area contributed by atoms with E-state index in [4.69, 9.17) is 4.74 Å². The summed E-state index contributed by atoms with van der Waals surface area (Å²) in [6, 6.07) is 20.4. The number of rotatable bonds is 14. The molecule has 0 spiro atoms. The molecule has 1 saturated carbocycles. The topological polar surface area (TPSA) is 96.0 Å². The Hall–Kier alpha value is -3.50. The number of nitrogens with zero attached hydrogens (tertiary/aromatic N) is 2. The summed E-state index contributed by atoms with van der Waals surface area (Å²) in [5.74, 6) is -0.0605. The molecule has 2 amide bonds. The summed E-state index contributed by atoms with van der Waals surface area (Å²) in [5.41, 5.74) is 2.23. The number of aryl methyl sites for hydroxylation is 1. The molecular formula is C35H45N3O5S2. The van der Waals surface area contributed by atoms with Crippen LogP contribution in [0.25, 0.3) is 0 Å². The minimum absolute atomic E-state index is 0.0781. The van der Waals surface area contributed by atoms with Gasteiger partial charge in [0, 0.05) is 17.5 Å². The van der Waals surface area contributed by atoms with Crippen molar-refractivity contribution >= 4 is 39.3 Å². The molecule has 1 fully saturated rings. The van der Waals surface area contributed by atoms with Gasteiger partial charge in [-0.15, -0.1) is 11.8 Å². The number of hydrogen-bond acceptors (Lipinski definition) is 6. The lowest BCUT2D eigenvalue weighted by Crippen LogP contribution is -2.54. The van der Waals surface area contributed by atoms with Gasteiger partial charge in [0.05, 0.1) is 17.2 Å². The van der Waals surface area contributed by atoms with Gasteiger partial charge in [0.15, 0.2) is 0 Å². The molecule has 0 bridgehead atoms. The summed E-state index contributed by atoms with van der Waals surface area (Å²) in [6.07, 6.45) is 7.46. The predicted octanol–water partition coefficient (Wildman–Crippen LogP) is 6.57. The van der Waals surface area contributed by atoms with Crippen LogP contribution in [0.2, 0.25) is 0 Å². The monoisotopic (exact) mass is 651 g/mol. The number of carbonyl (C=O) groups is 2. The third-order valence-electron chi connectivity index (χ3n) is 8.13. The molecule has 3 aromatic carbocycles. The zero-order valence-electron chi connectivity index (χ0n) is 26.7. The van der Waals surface area contributed by atoms with Gasteiger partial charge in [-0.25, -0.2) is 8.42 Å². The molecule has 242 valence electrons. The van der Waals surface area contributed by atoms with E-state index in [2.05, 4.69) is 5.32 Å². The fourth-order valence-corrected chi connectivity index (χ4v) is 7.57. The Morgan fingerprint density at radius 2 is 1.67 bits per heavy atom. The number of hydrogen-bond donors (Lipinski definition) is 1. The molecule has 1 atom stereocenters. The highest BCUT2D eigenvalue weighted by molar-refractivity contribution is 7.98. The first-order chi connectivity index (χ1) is 21.7. The van der Waals surface area contributed by atoms with Crippen molar-refractivity contribution in [1.82, 2.24) is 10.2 Å². The van der Waals surface area contributed by atoms with Gasteiger partial charge in [-0.05, 0) is 93.5 Å². The number of carbonyl (C=O) groups excluding carboxylic acids is 2. The smallest absolute Gasteiger partial charge is 0.264 e. The van der Waals surface area contributed by atoms with Crippen molar-refractivity contribution in [3.8, 4) is 5.75 Å². The van der Waals surface area contributed by atoms with Gasteiger partial charge in [-0.3, -0.25) is 13.9 Å². The molecule has 10 heteroatoms. The lowest BCUT2D eigenvalue weighted by Gasteiger charge is -2.34. The van der Waals surface area contributed by atoms with E-state index in [9.17, 15) is 18.0 Å². The zero-order chi connectivity index (χ0) is 32.4. The normalized spacial score (nSPS) is 14.4. The number of nitrogens with one attached hydrogen (secondary N) is 1. The lowest BCUT2D eigenvalue weighted by atomic mass is 9.95. The van der Waals surface area contributed by atoms with Crippen LogP contribution >= 0.6 is 11.8 Å². The highest BCUT2D eigenvalue weighted by Gasteiger charge is 2.34. The van der Waals surface area contributed by atoms with E-state index in [1.54, 1.807) is 53.4 Å². The molecule has 8 nitrogen and oxygen atoms in total. The third-order valence-corrected chi connectivity index (χ3v) is 10.7. The highest BCUT2D eigenvalue weighted by Crippen LogP contribution is 2.28. The fourth-order valence-electron chi connectivity index (χ4n) is 5.75. The highest BCUT2D eigenvalue weighted by atomic mass is 32.2. The van der Waals surface area contributed by atoms with Crippen molar-refractivity contribution in [3.05, 3.63) is 83.9 Å². The Kier molecular flexibility index (Phi) is 12.4. The maximum absolute atomic E-state index is 14.4. The van der Waals surface area contributed by atoms with E-state index < -0.39 is 28.5 Å². The molecule has 0 radical (unpaired) electrons. The Morgan fingerprint density at radius 3 is 2.27 bits per heavy atom. The van der Waals surface area contributed by atoms with E-state index >= 15 is 0 Å². The summed E-state index contributed by atoms with van der Waals surface area (Å²) < 4.78 is 35.1. The fraction of sp³-hybridized carbons (Fsp3) is 0.429. The Balaban J connectivity index is 1.71.